The Balaban J connectivity index is 2.18. The average molecular weight is 321 g/mol. The van der Waals surface area contributed by atoms with Crippen molar-refractivity contribution in [3.05, 3.63) is 0 Å². The van der Waals surface area contributed by atoms with E-state index < -0.39 is 0 Å². The molecule has 1 saturated heterocycles. The molecule has 2 atom stereocenters. The van der Waals surface area contributed by atoms with E-state index in [1.807, 2.05) is 21.6 Å². The molecule has 0 aromatic carbocycles. The molecule has 1 N–H and O–H groups in total. The van der Waals surface area contributed by atoms with E-state index in [0.717, 1.165) is 6.54 Å². The summed E-state index contributed by atoms with van der Waals surface area (Å²) in [7, 11) is 10.3. The van der Waals surface area contributed by atoms with Gasteiger partial charge in [0, 0.05) is 6.54 Å². The van der Waals surface area contributed by atoms with Crippen molar-refractivity contribution in [2.75, 3.05) is 47.3 Å². The SMILES string of the molecule is CCCCN(CC)CCCN(C)C1NC(N(C)C)SS1. The lowest BCUT2D eigenvalue weighted by Crippen LogP contribution is -2.45. The second-order valence-electron chi connectivity index (χ2n) is 5.65. The summed E-state index contributed by atoms with van der Waals surface area (Å²) in [5, 5.41) is 3.64. The van der Waals surface area contributed by atoms with Crippen LogP contribution in [0.25, 0.3) is 0 Å². The maximum Gasteiger partial charge on any atom is 0.120 e. The Morgan fingerprint density at radius 2 is 1.55 bits per heavy atom. The van der Waals surface area contributed by atoms with Crippen LogP contribution in [0, 0.1) is 0 Å². The van der Waals surface area contributed by atoms with Crippen molar-refractivity contribution in [3.63, 3.8) is 0 Å². The fourth-order valence-electron chi connectivity index (χ4n) is 2.19. The molecule has 0 amide bonds. The third-order valence-electron chi connectivity index (χ3n) is 3.65. The molecule has 0 saturated carbocycles. The zero-order chi connectivity index (χ0) is 15.0. The van der Waals surface area contributed by atoms with Crippen molar-refractivity contribution in [2.45, 2.75) is 44.1 Å². The molecule has 1 aliphatic rings. The molecule has 1 heterocycles. The zero-order valence-corrected chi connectivity index (χ0v) is 15.4. The number of nitrogens with zero attached hydrogens (tertiary/aromatic N) is 3. The van der Waals surface area contributed by atoms with Crippen LogP contribution in [0.3, 0.4) is 0 Å². The van der Waals surface area contributed by atoms with Gasteiger partial charge >= 0.3 is 0 Å². The summed E-state index contributed by atoms with van der Waals surface area (Å²) in [6.45, 7) is 9.36. The second-order valence-corrected chi connectivity index (χ2v) is 8.08. The molecule has 0 bridgehead atoms. The molecule has 0 aromatic rings. The minimum absolute atomic E-state index is 0.434. The molecular formula is C14H32N4S2. The molecule has 0 spiro atoms. The molecule has 0 radical (unpaired) electrons. The molecule has 4 nitrogen and oxygen atoms in total. The molecule has 2 unspecified atom stereocenters. The second kappa shape index (κ2) is 10.3. The molecule has 0 aromatic heterocycles. The Labute approximate surface area is 133 Å². The third-order valence-corrected chi connectivity index (χ3v) is 6.61. The zero-order valence-electron chi connectivity index (χ0n) is 13.8. The standard InChI is InChI=1S/C14H32N4S2/c1-6-8-11-18(7-2)12-9-10-17(5)14-15-13(16(3)4)19-20-14/h13-15H,6-12H2,1-5H3. The molecule has 1 rings (SSSR count). The first kappa shape index (κ1) is 18.6. The highest BCUT2D eigenvalue weighted by molar-refractivity contribution is 8.77. The van der Waals surface area contributed by atoms with Crippen molar-refractivity contribution in [3.8, 4) is 0 Å². The van der Waals surface area contributed by atoms with E-state index >= 15 is 0 Å². The highest BCUT2D eigenvalue weighted by Gasteiger charge is 2.29. The molecular weight excluding hydrogens is 288 g/mol. The van der Waals surface area contributed by atoms with Crippen LogP contribution in [0.2, 0.25) is 0 Å². The van der Waals surface area contributed by atoms with Crippen LogP contribution in [0.1, 0.15) is 33.1 Å². The first-order valence-electron chi connectivity index (χ1n) is 7.75. The molecule has 1 fully saturated rings. The molecule has 1 aliphatic heterocycles. The van der Waals surface area contributed by atoms with Gasteiger partial charge in [-0.05, 0) is 53.6 Å². The van der Waals surface area contributed by atoms with Crippen molar-refractivity contribution in [1.29, 1.82) is 0 Å². The van der Waals surface area contributed by atoms with Gasteiger partial charge in [-0.2, -0.15) is 0 Å². The summed E-state index contributed by atoms with van der Waals surface area (Å²) in [5.74, 6) is 0. The number of hydrogen-bond acceptors (Lipinski definition) is 6. The van der Waals surface area contributed by atoms with Crippen LogP contribution in [0.15, 0.2) is 0 Å². The van der Waals surface area contributed by atoms with E-state index in [0.29, 0.717) is 11.0 Å². The fraction of sp³-hybridized carbons (Fsp3) is 1.00. The lowest BCUT2D eigenvalue weighted by atomic mass is 10.3. The van der Waals surface area contributed by atoms with Gasteiger partial charge in [0.2, 0.25) is 0 Å². The largest absolute Gasteiger partial charge is 0.304 e. The molecule has 120 valence electrons. The van der Waals surface area contributed by atoms with Gasteiger partial charge in [0.25, 0.3) is 0 Å². The summed E-state index contributed by atoms with van der Waals surface area (Å²) < 4.78 is 0. The Morgan fingerprint density at radius 3 is 2.10 bits per heavy atom. The first-order valence-corrected chi connectivity index (χ1v) is 10.0. The van der Waals surface area contributed by atoms with Crippen molar-refractivity contribution in [1.82, 2.24) is 20.0 Å². The van der Waals surface area contributed by atoms with Crippen LogP contribution in [-0.2, 0) is 0 Å². The average Bonchev–Trinajstić information content (AvgIpc) is 2.92. The van der Waals surface area contributed by atoms with E-state index in [-0.39, 0.29) is 0 Å². The Morgan fingerprint density at radius 1 is 0.900 bits per heavy atom. The van der Waals surface area contributed by atoms with Crippen LogP contribution in [0.4, 0.5) is 0 Å². The number of unbranched alkanes of at least 4 members (excludes halogenated alkanes) is 1. The Kier molecular flexibility index (Phi) is 9.57. The summed E-state index contributed by atoms with van der Waals surface area (Å²) in [5.41, 5.74) is 0.877. The smallest absolute Gasteiger partial charge is 0.120 e. The van der Waals surface area contributed by atoms with Crippen molar-refractivity contribution in [2.24, 2.45) is 0 Å². The molecule has 0 aliphatic carbocycles. The molecule has 6 heteroatoms. The van der Waals surface area contributed by atoms with Gasteiger partial charge in [-0.1, -0.05) is 41.9 Å². The normalized spacial score (nSPS) is 23.4. The van der Waals surface area contributed by atoms with E-state index in [4.69, 9.17) is 0 Å². The van der Waals surface area contributed by atoms with E-state index in [2.05, 4.69) is 55.0 Å². The highest BCUT2D eigenvalue weighted by atomic mass is 33.1. The Hall–Kier alpha value is 0.540. The minimum atomic E-state index is 0.434. The van der Waals surface area contributed by atoms with Crippen LogP contribution in [0.5, 0.6) is 0 Å². The van der Waals surface area contributed by atoms with Crippen LogP contribution >= 0.6 is 21.6 Å². The minimum Gasteiger partial charge on any atom is -0.304 e. The molecule has 20 heavy (non-hydrogen) atoms. The van der Waals surface area contributed by atoms with Gasteiger partial charge in [-0.25, -0.2) is 0 Å². The number of rotatable bonds is 10. The predicted octanol–water partition coefficient (Wildman–Crippen LogP) is 2.54. The fourth-order valence-corrected chi connectivity index (χ4v) is 5.20. The summed E-state index contributed by atoms with van der Waals surface area (Å²) in [6.07, 6.45) is 3.87. The van der Waals surface area contributed by atoms with Gasteiger partial charge in [0.05, 0.1) is 0 Å². The van der Waals surface area contributed by atoms with Gasteiger partial charge in [-0.3, -0.25) is 15.1 Å². The van der Waals surface area contributed by atoms with Gasteiger partial charge in [0.15, 0.2) is 0 Å². The third kappa shape index (κ3) is 6.54. The van der Waals surface area contributed by atoms with E-state index in [9.17, 15) is 0 Å². The summed E-state index contributed by atoms with van der Waals surface area (Å²) in [6, 6.07) is 0. The maximum absolute atomic E-state index is 3.64. The first-order chi connectivity index (χ1) is 9.58. The van der Waals surface area contributed by atoms with E-state index in [1.54, 1.807) is 0 Å². The van der Waals surface area contributed by atoms with Gasteiger partial charge < -0.3 is 4.90 Å². The van der Waals surface area contributed by atoms with Gasteiger partial charge in [0.1, 0.15) is 11.0 Å². The van der Waals surface area contributed by atoms with Crippen molar-refractivity contribution < 1.29 is 0 Å². The summed E-state index contributed by atoms with van der Waals surface area (Å²) in [4.78, 5) is 7.24. The quantitative estimate of drug-likeness (QED) is 0.620. The van der Waals surface area contributed by atoms with Crippen LogP contribution in [-0.4, -0.2) is 73.0 Å². The summed E-state index contributed by atoms with van der Waals surface area (Å²) >= 11 is 0. The lowest BCUT2D eigenvalue weighted by molar-refractivity contribution is 0.214. The predicted molar refractivity (Wildman–Crippen MR) is 93.8 cm³/mol. The maximum atomic E-state index is 3.64. The van der Waals surface area contributed by atoms with Gasteiger partial charge in [-0.15, -0.1) is 0 Å². The number of nitrogens with one attached hydrogen (secondary N) is 1. The topological polar surface area (TPSA) is 21.8 Å². The van der Waals surface area contributed by atoms with Crippen LogP contribution < -0.4 is 5.32 Å². The van der Waals surface area contributed by atoms with Crippen molar-refractivity contribution >= 4 is 21.6 Å². The Bertz CT molecular complexity index is 253. The number of hydrogen-bond donors (Lipinski definition) is 1. The highest BCUT2D eigenvalue weighted by Crippen LogP contribution is 2.38. The lowest BCUT2D eigenvalue weighted by Gasteiger charge is -2.26. The van der Waals surface area contributed by atoms with E-state index in [1.165, 1.54) is 38.9 Å². The monoisotopic (exact) mass is 320 g/mol.